The molecule has 3 aromatic rings. The number of ether oxygens (including phenoxy) is 7. The van der Waals surface area contributed by atoms with Crippen molar-refractivity contribution in [1.82, 2.24) is 10.6 Å². The van der Waals surface area contributed by atoms with Gasteiger partial charge in [-0.3, -0.25) is 14.4 Å². The Morgan fingerprint density at radius 3 is 2.17 bits per heavy atom. The second-order valence-corrected chi connectivity index (χ2v) is 18.5. The van der Waals surface area contributed by atoms with Crippen LogP contribution in [0.25, 0.3) is 11.1 Å². The van der Waals surface area contributed by atoms with Crippen LogP contribution in [0.1, 0.15) is 107 Å². The summed E-state index contributed by atoms with van der Waals surface area (Å²) >= 11 is 0. The fourth-order valence-corrected chi connectivity index (χ4v) is 10.6. The van der Waals surface area contributed by atoms with Gasteiger partial charge in [0, 0.05) is 30.2 Å². The van der Waals surface area contributed by atoms with Gasteiger partial charge in [-0.05, 0) is 119 Å². The normalized spacial score (nSPS) is 23.8. The van der Waals surface area contributed by atoms with Crippen molar-refractivity contribution < 1.29 is 57.4 Å². The Bertz CT molecular complexity index is 2280. The zero-order valence-electron chi connectivity index (χ0n) is 37.7. The number of methoxy groups -OCH3 is 4. The van der Waals surface area contributed by atoms with Crippen LogP contribution in [0.2, 0.25) is 0 Å². The van der Waals surface area contributed by atoms with Crippen LogP contribution < -0.4 is 35.0 Å². The lowest BCUT2D eigenvalue weighted by Gasteiger charge is -2.58. The number of rotatable bonds is 15. The fourth-order valence-electron chi connectivity index (χ4n) is 10.6. The van der Waals surface area contributed by atoms with Gasteiger partial charge in [-0.2, -0.15) is 0 Å². The molecule has 2 unspecified atom stereocenters. The predicted octanol–water partition coefficient (Wildman–Crippen LogP) is 6.68. The van der Waals surface area contributed by atoms with Gasteiger partial charge >= 0.3 is 18.0 Å². The van der Waals surface area contributed by atoms with E-state index in [4.69, 9.17) is 33.2 Å². The van der Waals surface area contributed by atoms with Gasteiger partial charge in [-0.25, -0.2) is 9.59 Å². The summed E-state index contributed by atoms with van der Waals surface area (Å²) in [5, 5.41) is 17.2. The molecular weight excluding hydrogens is 825 g/mol. The number of carbonyl (C=O) groups is 4. The summed E-state index contributed by atoms with van der Waals surface area (Å²) in [5.41, 5.74) is 1.45. The Labute approximate surface area is 373 Å². The van der Waals surface area contributed by atoms with Gasteiger partial charge < -0.3 is 48.9 Å². The van der Waals surface area contributed by atoms with E-state index in [1.165, 1.54) is 27.4 Å². The summed E-state index contributed by atoms with van der Waals surface area (Å²) in [6.45, 7) is 5.18. The van der Waals surface area contributed by atoms with E-state index in [1.54, 1.807) is 70.3 Å². The van der Waals surface area contributed by atoms with Crippen molar-refractivity contribution in [2.45, 2.75) is 120 Å². The van der Waals surface area contributed by atoms with Crippen LogP contribution in [-0.4, -0.2) is 80.9 Å². The maximum absolute atomic E-state index is 13.7. The van der Waals surface area contributed by atoms with Crippen molar-refractivity contribution >= 4 is 23.9 Å². The summed E-state index contributed by atoms with van der Waals surface area (Å²) in [7, 11) is 6.04. The van der Waals surface area contributed by atoms with E-state index in [0.717, 1.165) is 24.0 Å². The highest BCUT2D eigenvalue weighted by Gasteiger charge is 2.59. The lowest BCUT2D eigenvalue weighted by Crippen LogP contribution is -2.60. The molecule has 64 heavy (non-hydrogen) atoms. The molecule has 0 heterocycles. The average molecular weight is 885 g/mol. The number of amides is 2. The first kappa shape index (κ1) is 46.2. The van der Waals surface area contributed by atoms with Gasteiger partial charge in [0.15, 0.2) is 23.4 Å². The third-order valence-electron chi connectivity index (χ3n) is 12.9. The monoisotopic (exact) mass is 884 g/mol. The molecule has 5 atom stereocenters. The number of carbonyl (C=O) groups excluding carboxylic acids is 4. The predicted molar refractivity (Wildman–Crippen MR) is 234 cm³/mol. The standard InChI is InChI=1S/C49H60N2O13/c1-48(2,3)64-47(57)51-41(28-12-9-8-10-13-28)42(55)46(56)63-49-24-27-20-30(25-49)43(31(21-27)26-49)62-39(54)15-11-14-38(53)50-34-18-16-29-22-37(59-5)44(60-6)45(61-7)40(29)32-17-19-36(58-4)35(52)23-33(32)34/h8-10,12-13,17,19,22-23,27,30-31,34,41-43,55H,11,14-16,18,20-21,24-26H2,1-7H3,(H,50,53)(H,51,57)/t27?,30?,31?,34-,41-,42+,43?,49?/m0/s1. The number of nitrogens with one attached hydrogen (secondary N) is 2. The third kappa shape index (κ3) is 9.94. The lowest BCUT2D eigenvalue weighted by atomic mass is 9.53. The molecular formula is C49H60N2O13. The van der Waals surface area contributed by atoms with E-state index in [2.05, 4.69) is 10.6 Å². The molecule has 5 aliphatic carbocycles. The van der Waals surface area contributed by atoms with E-state index in [-0.39, 0.29) is 60.2 Å². The largest absolute Gasteiger partial charge is 0.493 e. The van der Waals surface area contributed by atoms with E-state index in [0.29, 0.717) is 66.0 Å². The molecule has 3 N–H and O–H groups in total. The molecule has 2 amide bonds. The molecule has 8 rings (SSSR count). The summed E-state index contributed by atoms with van der Waals surface area (Å²) in [5.74, 6) is 0.188. The highest BCUT2D eigenvalue weighted by molar-refractivity contribution is 5.84. The number of alkyl carbamates (subject to hydrolysis) is 1. The number of benzene rings is 2. The zero-order valence-corrected chi connectivity index (χ0v) is 37.7. The van der Waals surface area contributed by atoms with Crippen LogP contribution >= 0.6 is 0 Å². The molecule has 4 fully saturated rings. The minimum Gasteiger partial charge on any atom is -0.493 e. The van der Waals surface area contributed by atoms with Crippen LogP contribution in [0.4, 0.5) is 4.79 Å². The summed E-state index contributed by atoms with van der Waals surface area (Å²) in [6, 6.07) is 13.8. The molecule has 15 nitrogen and oxygen atoms in total. The minimum atomic E-state index is -1.70. The van der Waals surface area contributed by atoms with Crippen LogP contribution in [0.3, 0.4) is 0 Å². The highest BCUT2D eigenvalue weighted by atomic mass is 16.6. The van der Waals surface area contributed by atoms with Gasteiger partial charge in [-0.15, -0.1) is 0 Å². The van der Waals surface area contributed by atoms with Gasteiger partial charge in [0.2, 0.25) is 17.1 Å². The molecule has 0 aromatic heterocycles. The first-order valence-electron chi connectivity index (χ1n) is 22.0. The Morgan fingerprint density at radius 1 is 0.844 bits per heavy atom. The molecule has 0 saturated heterocycles. The molecule has 4 saturated carbocycles. The van der Waals surface area contributed by atoms with E-state index >= 15 is 0 Å². The number of aliphatic hydroxyl groups is 1. The number of aryl methyl sites for hydroxylation is 1. The molecule has 4 bridgehead atoms. The van der Waals surface area contributed by atoms with E-state index < -0.39 is 47.4 Å². The van der Waals surface area contributed by atoms with Crippen LogP contribution in [0.5, 0.6) is 23.0 Å². The lowest BCUT2D eigenvalue weighted by molar-refractivity contribution is -0.220. The van der Waals surface area contributed by atoms with Crippen molar-refractivity contribution in [1.29, 1.82) is 0 Å². The number of fused-ring (bicyclic) bond motifs is 3. The number of aliphatic hydroxyl groups excluding tert-OH is 1. The summed E-state index contributed by atoms with van der Waals surface area (Å²) in [6.07, 6.45) is 1.80. The maximum atomic E-state index is 13.7. The third-order valence-corrected chi connectivity index (χ3v) is 12.9. The van der Waals surface area contributed by atoms with E-state index in [1.807, 2.05) is 6.07 Å². The number of hydrogen-bond donors (Lipinski definition) is 3. The van der Waals surface area contributed by atoms with Crippen LogP contribution in [0.15, 0.2) is 59.4 Å². The Balaban J connectivity index is 0.967. The molecule has 0 spiro atoms. The Hall–Kier alpha value is -5.83. The first-order valence-corrected chi connectivity index (χ1v) is 22.0. The highest BCUT2D eigenvalue weighted by Crippen LogP contribution is 2.58. The van der Waals surface area contributed by atoms with Gasteiger partial charge in [0.1, 0.15) is 17.3 Å². The molecule has 0 aliphatic heterocycles. The molecule has 15 heteroatoms. The average Bonchev–Trinajstić information content (AvgIpc) is 3.49. The topological polar surface area (TPSA) is 194 Å². The zero-order chi connectivity index (χ0) is 45.9. The van der Waals surface area contributed by atoms with Gasteiger partial charge in [0.25, 0.3) is 0 Å². The maximum Gasteiger partial charge on any atom is 0.408 e. The van der Waals surface area contributed by atoms with Crippen molar-refractivity contribution in [3.8, 4) is 34.1 Å². The molecule has 344 valence electrons. The molecule has 3 aromatic carbocycles. The Morgan fingerprint density at radius 2 is 1.53 bits per heavy atom. The number of esters is 2. The van der Waals surface area contributed by atoms with E-state index in [9.17, 15) is 29.1 Å². The molecule has 5 aliphatic rings. The Kier molecular flexibility index (Phi) is 13.8. The number of hydrogen-bond acceptors (Lipinski definition) is 13. The van der Waals surface area contributed by atoms with Crippen molar-refractivity contribution in [2.24, 2.45) is 17.8 Å². The summed E-state index contributed by atoms with van der Waals surface area (Å²) < 4.78 is 40.3. The van der Waals surface area contributed by atoms with Gasteiger partial charge in [-0.1, -0.05) is 36.4 Å². The quantitative estimate of drug-likeness (QED) is 0.108. The first-order chi connectivity index (χ1) is 30.5. The second kappa shape index (κ2) is 19.1. The summed E-state index contributed by atoms with van der Waals surface area (Å²) in [4.78, 5) is 66.7. The fraction of sp³-hybridized carbons (Fsp3) is 0.531. The molecule has 0 radical (unpaired) electrons. The SMILES string of the molecule is COc1cc2c(c(OC)c1OC)-c1ccc(OC)c(=O)cc1[C@@H](NC(=O)CCCC(=O)OC1C3CC4CC1CC(OC(=O)[C@H](O)[C@@H](NC(=O)OC(C)(C)C)c1ccccc1)(C4)C3)CC2. The van der Waals surface area contributed by atoms with Crippen LogP contribution in [0, 0.1) is 17.8 Å². The minimum absolute atomic E-state index is 0.0305. The van der Waals surface area contributed by atoms with Gasteiger partial charge in [0.05, 0.1) is 40.5 Å². The van der Waals surface area contributed by atoms with Crippen LogP contribution in [-0.2, 0) is 35.0 Å². The van der Waals surface area contributed by atoms with Crippen molar-refractivity contribution in [3.63, 3.8) is 0 Å². The smallest absolute Gasteiger partial charge is 0.408 e. The van der Waals surface area contributed by atoms with Crippen molar-refractivity contribution in [2.75, 3.05) is 28.4 Å². The van der Waals surface area contributed by atoms with Crippen molar-refractivity contribution in [3.05, 3.63) is 81.5 Å². The second-order valence-electron chi connectivity index (χ2n) is 18.5.